The van der Waals surface area contributed by atoms with Crippen molar-refractivity contribution in [1.82, 2.24) is 9.94 Å². The number of carbonyl (C=O) groups excluding carboxylic acids is 1. The number of nitrogens with zero attached hydrogens (tertiary/aromatic N) is 2. The number of halogens is 1. The predicted octanol–water partition coefficient (Wildman–Crippen LogP) is 2.18. The van der Waals surface area contributed by atoms with Crippen LogP contribution < -0.4 is 4.84 Å². The first-order chi connectivity index (χ1) is 7.89. The fourth-order valence-corrected chi connectivity index (χ4v) is 1.29. The lowest BCUT2D eigenvalue weighted by Crippen LogP contribution is -2.31. The molecule has 0 N–H and O–H groups in total. The molecule has 0 amide bonds. The lowest BCUT2D eigenvalue weighted by Gasteiger charge is -2.15. The van der Waals surface area contributed by atoms with E-state index in [0.29, 0.717) is 10.9 Å². The zero-order valence-corrected chi connectivity index (χ0v) is 9.90. The summed E-state index contributed by atoms with van der Waals surface area (Å²) in [6.07, 6.45) is 0. The summed E-state index contributed by atoms with van der Waals surface area (Å²) in [5, 5.41) is 3.88. The topological polar surface area (TPSA) is 44.1 Å². The number of hydrogen-bond donors (Lipinski definition) is 0. The van der Waals surface area contributed by atoms with Crippen LogP contribution in [0.3, 0.4) is 0 Å². The van der Waals surface area contributed by atoms with Gasteiger partial charge in [-0.25, -0.2) is 4.79 Å². The van der Waals surface area contributed by atoms with Gasteiger partial charge in [-0.1, -0.05) is 17.0 Å². The van der Waals surface area contributed by atoms with Crippen molar-refractivity contribution in [3.05, 3.63) is 30.2 Å². The third kappa shape index (κ3) is 2.13. The van der Waals surface area contributed by atoms with Crippen molar-refractivity contribution in [2.24, 2.45) is 5.41 Å². The highest BCUT2D eigenvalue weighted by Gasteiger charge is 2.25. The lowest BCUT2D eigenvalue weighted by molar-refractivity contribution is -0.154. The van der Waals surface area contributed by atoms with Gasteiger partial charge in [0.05, 0.1) is 10.8 Å². The number of para-hydroxylation sites is 1. The second-order valence-corrected chi connectivity index (χ2v) is 4.81. The summed E-state index contributed by atoms with van der Waals surface area (Å²) >= 11 is 0. The second-order valence-electron chi connectivity index (χ2n) is 4.81. The average molecular weight is 236 g/mol. The van der Waals surface area contributed by atoms with Crippen LogP contribution in [0, 0.1) is 11.4 Å². The molecule has 2 aromatic rings. The quantitative estimate of drug-likeness (QED) is 0.762. The molecule has 0 saturated heterocycles. The summed E-state index contributed by atoms with van der Waals surface area (Å²) in [6.45, 7) is 5.16. The van der Waals surface area contributed by atoms with Gasteiger partial charge in [0.1, 0.15) is 5.52 Å². The Morgan fingerprint density at radius 2 is 2.00 bits per heavy atom. The van der Waals surface area contributed by atoms with Crippen molar-refractivity contribution in [1.29, 1.82) is 0 Å². The molecule has 0 unspecified atom stereocenters. The molecule has 1 heterocycles. The number of hydrogen-bond acceptors (Lipinski definition) is 3. The highest BCUT2D eigenvalue weighted by atomic mass is 19.1. The molecule has 1 aromatic heterocycles. The number of fused-ring (bicyclic) bond motifs is 1. The van der Waals surface area contributed by atoms with Crippen LogP contribution in [0.25, 0.3) is 10.9 Å². The van der Waals surface area contributed by atoms with Gasteiger partial charge in [-0.2, -0.15) is 4.39 Å². The molecule has 2 rings (SSSR count). The fraction of sp³-hybridized carbons (Fsp3) is 0.333. The Morgan fingerprint density at radius 3 is 2.65 bits per heavy atom. The molecule has 0 spiro atoms. The summed E-state index contributed by atoms with van der Waals surface area (Å²) in [4.78, 5) is 17.6. The summed E-state index contributed by atoms with van der Waals surface area (Å²) in [5.41, 5.74) is -0.230. The van der Waals surface area contributed by atoms with Crippen LogP contribution in [0.5, 0.6) is 0 Å². The Hall–Kier alpha value is -1.91. The summed E-state index contributed by atoms with van der Waals surface area (Å²) in [7, 11) is 0. The molecule has 90 valence electrons. The van der Waals surface area contributed by atoms with Gasteiger partial charge < -0.3 is 4.84 Å². The minimum atomic E-state index is -0.663. The average Bonchev–Trinajstić information content (AvgIpc) is 2.56. The van der Waals surface area contributed by atoms with E-state index in [-0.39, 0.29) is 0 Å². The number of rotatable bonds is 1. The van der Waals surface area contributed by atoms with Crippen LogP contribution in [0.15, 0.2) is 24.3 Å². The van der Waals surface area contributed by atoms with Gasteiger partial charge in [0.15, 0.2) is 0 Å². The molecule has 0 fully saturated rings. The van der Waals surface area contributed by atoms with E-state index >= 15 is 0 Å². The normalized spacial score (nSPS) is 11.8. The van der Waals surface area contributed by atoms with Crippen LogP contribution in [-0.4, -0.2) is 15.9 Å². The standard InChI is InChI=1S/C12H13FN2O2/c1-12(2,3)11(16)17-15-9-7-5-4-6-8(9)10(13)14-15/h4-7H,1-3H3. The first-order valence-corrected chi connectivity index (χ1v) is 5.25. The Kier molecular flexibility index (Phi) is 2.61. The Labute approximate surface area is 97.9 Å². The Bertz CT molecular complexity index is 569. The van der Waals surface area contributed by atoms with Gasteiger partial charge in [-0.05, 0) is 32.9 Å². The van der Waals surface area contributed by atoms with Crippen LogP contribution >= 0.6 is 0 Å². The summed E-state index contributed by atoms with van der Waals surface area (Å²) in [6, 6.07) is 6.65. The van der Waals surface area contributed by atoms with Crippen molar-refractivity contribution in [3.8, 4) is 0 Å². The molecule has 17 heavy (non-hydrogen) atoms. The second kappa shape index (κ2) is 3.84. The smallest absolute Gasteiger partial charge is 0.318 e. The van der Waals surface area contributed by atoms with E-state index in [2.05, 4.69) is 5.10 Å². The molecule has 0 radical (unpaired) electrons. The van der Waals surface area contributed by atoms with Gasteiger partial charge in [0.2, 0.25) is 5.95 Å². The highest BCUT2D eigenvalue weighted by molar-refractivity contribution is 5.80. The zero-order chi connectivity index (χ0) is 12.6. The highest BCUT2D eigenvalue weighted by Crippen LogP contribution is 2.18. The third-order valence-electron chi connectivity index (χ3n) is 2.29. The lowest BCUT2D eigenvalue weighted by atomic mass is 9.98. The molecule has 4 nitrogen and oxygen atoms in total. The van der Waals surface area contributed by atoms with Crippen LogP contribution in [-0.2, 0) is 4.79 Å². The van der Waals surface area contributed by atoms with E-state index in [1.165, 1.54) is 0 Å². The molecular weight excluding hydrogens is 223 g/mol. The number of aromatic nitrogens is 2. The monoisotopic (exact) mass is 236 g/mol. The molecule has 5 heteroatoms. The van der Waals surface area contributed by atoms with Gasteiger partial charge in [0, 0.05) is 0 Å². The molecule has 0 bridgehead atoms. The van der Waals surface area contributed by atoms with Crippen molar-refractivity contribution in [3.63, 3.8) is 0 Å². The van der Waals surface area contributed by atoms with E-state index in [1.807, 2.05) is 0 Å². The van der Waals surface area contributed by atoms with E-state index in [9.17, 15) is 9.18 Å². The minimum absolute atomic E-state index is 0.328. The molecule has 0 aliphatic carbocycles. The third-order valence-corrected chi connectivity index (χ3v) is 2.29. The number of benzene rings is 1. The predicted molar refractivity (Wildman–Crippen MR) is 60.7 cm³/mol. The van der Waals surface area contributed by atoms with Crippen molar-refractivity contribution < 1.29 is 14.0 Å². The van der Waals surface area contributed by atoms with Crippen molar-refractivity contribution >= 4 is 16.9 Å². The van der Waals surface area contributed by atoms with E-state index < -0.39 is 17.3 Å². The van der Waals surface area contributed by atoms with Gasteiger partial charge in [-0.15, -0.1) is 5.10 Å². The molecule has 1 aromatic carbocycles. The van der Waals surface area contributed by atoms with E-state index in [4.69, 9.17) is 4.84 Å². The van der Waals surface area contributed by atoms with Crippen molar-refractivity contribution in [2.75, 3.05) is 0 Å². The summed E-state index contributed by atoms with van der Waals surface area (Å²) < 4.78 is 13.4. The van der Waals surface area contributed by atoms with Gasteiger partial charge >= 0.3 is 5.97 Å². The molecular formula is C12H13FN2O2. The maximum Gasteiger partial charge on any atom is 0.340 e. The summed E-state index contributed by atoms with van der Waals surface area (Å²) in [5.74, 6) is -1.12. The van der Waals surface area contributed by atoms with Crippen LogP contribution in [0.1, 0.15) is 20.8 Å². The maximum absolute atomic E-state index is 13.4. The first-order valence-electron chi connectivity index (χ1n) is 5.25. The maximum atomic E-state index is 13.4. The molecule has 0 aliphatic rings. The minimum Gasteiger partial charge on any atom is -0.318 e. The largest absolute Gasteiger partial charge is 0.340 e. The molecule has 0 saturated carbocycles. The molecule has 0 atom stereocenters. The van der Waals surface area contributed by atoms with Crippen LogP contribution in [0.2, 0.25) is 0 Å². The van der Waals surface area contributed by atoms with Crippen molar-refractivity contribution in [2.45, 2.75) is 20.8 Å². The van der Waals surface area contributed by atoms with Gasteiger partial charge in [0.25, 0.3) is 0 Å². The Balaban J connectivity index is 2.41. The first kappa shape index (κ1) is 11.6. The van der Waals surface area contributed by atoms with Gasteiger partial charge in [-0.3, -0.25) is 0 Å². The molecule has 0 aliphatic heterocycles. The number of carbonyl (C=O) groups is 1. The Morgan fingerprint density at radius 1 is 1.35 bits per heavy atom. The van der Waals surface area contributed by atoms with Crippen LogP contribution in [0.4, 0.5) is 4.39 Å². The zero-order valence-electron chi connectivity index (χ0n) is 9.90. The SMILES string of the molecule is CC(C)(C)C(=O)On1nc(F)c2ccccc21. The van der Waals surface area contributed by atoms with E-state index in [1.54, 1.807) is 45.0 Å². The fourth-order valence-electron chi connectivity index (χ4n) is 1.29. The van der Waals surface area contributed by atoms with E-state index in [0.717, 1.165) is 4.85 Å².